The van der Waals surface area contributed by atoms with Gasteiger partial charge in [-0.1, -0.05) is 0 Å². The molecule has 2 aliphatic rings. The summed E-state index contributed by atoms with van der Waals surface area (Å²) in [5.74, 6) is 0.473. The van der Waals surface area contributed by atoms with Gasteiger partial charge in [-0.2, -0.15) is 0 Å². The molecular weight excluding hydrogens is 262 g/mol. The molecule has 1 aromatic carbocycles. The number of anilines is 1. The molecule has 0 unspecified atom stereocenters. The Labute approximate surface area is 126 Å². The first-order chi connectivity index (χ1) is 10.2. The first kappa shape index (κ1) is 14.1. The SMILES string of the molecule is CN=CC(=CN)c1cc2c(cc1C1COC1)N(C)CCC2. The lowest BCUT2D eigenvalue weighted by atomic mass is 9.85. The summed E-state index contributed by atoms with van der Waals surface area (Å²) in [4.78, 5) is 6.49. The summed E-state index contributed by atoms with van der Waals surface area (Å²) in [5, 5.41) is 0. The molecule has 0 spiro atoms. The number of hydrogen-bond acceptors (Lipinski definition) is 4. The fourth-order valence-electron chi connectivity index (χ4n) is 3.18. The van der Waals surface area contributed by atoms with Gasteiger partial charge in [-0.25, -0.2) is 0 Å². The van der Waals surface area contributed by atoms with E-state index in [0.29, 0.717) is 5.92 Å². The lowest BCUT2D eigenvalue weighted by Crippen LogP contribution is -2.29. The van der Waals surface area contributed by atoms with Crippen LogP contribution in [-0.2, 0) is 11.2 Å². The average molecular weight is 285 g/mol. The van der Waals surface area contributed by atoms with E-state index in [9.17, 15) is 0 Å². The summed E-state index contributed by atoms with van der Waals surface area (Å²) in [6, 6.07) is 4.64. The molecule has 0 aromatic heterocycles. The highest BCUT2D eigenvalue weighted by molar-refractivity contribution is 6.10. The van der Waals surface area contributed by atoms with Crippen LogP contribution in [0.3, 0.4) is 0 Å². The van der Waals surface area contributed by atoms with Gasteiger partial charge in [0, 0.05) is 50.2 Å². The van der Waals surface area contributed by atoms with Gasteiger partial charge in [0.1, 0.15) is 0 Å². The highest BCUT2D eigenvalue weighted by Gasteiger charge is 2.27. The minimum atomic E-state index is 0.473. The molecule has 1 aromatic rings. The maximum absolute atomic E-state index is 5.83. The summed E-state index contributed by atoms with van der Waals surface area (Å²) >= 11 is 0. The number of ether oxygens (including phenoxy) is 1. The van der Waals surface area contributed by atoms with E-state index in [4.69, 9.17) is 10.5 Å². The third-order valence-corrected chi connectivity index (χ3v) is 4.44. The van der Waals surface area contributed by atoms with Gasteiger partial charge in [0.25, 0.3) is 0 Å². The number of benzene rings is 1. The molecule has 112 valence electrons. The van der Waals surface area contributed by atoms with E-state index < -0.39 is 0 Å². The quantitative estimate of drug-likeness (QED) is 0.866. The zero-order chi connectivity index (χ0) is 14.8. The molecule has 2 aliphatic heterocycles. The molecule has 3 rings (SSSR count). The number of nitrogens with zero attached hydrogens (tertiary/aromatic N) is 2. The van der Waals surface area contributed by atoms with Crippen molar-refractivity contribution in [2.24, 2.45) is 10.7 Å². The summed E-state index contributed by atoms with van der Waals surface area (Å²) < 4.78 is 5.39. The molecule has 4 heteroatoms. The molecular formula is C17H23N3O. The van der Waals surface area contributed by atoms with Crippen molar-refractivity contribution in [2.45, 2.75) is 18.8 Å². The minimum absolute atomic E-state index is 0.473. The van der Waals surface area contributed by atoms with E-state index >= 15 is 0 Å². The van der Waals surface area contributed by atoms with Crippen molar-refractivity contribution in [2.75, 3.05) is 38.8 Å². The Hall–Kier alpha value is -1.81. The van der Waals surface area contributed by atoms with E-state index in [1.807, 2.05) is 6.21 Å². The van der Waals surface area contributed by atoms with Crippen LogP contribution in [0.25, 0.3) is 5.57 Å². The molecule has 2 heterocycles. The van der Waals surface area contributed by atoms with Crippen LogP contribution in [-0.4, -0.2) is 40.1 Å². The van der Waals surface area contributed by atoms with Crippen molar-refractivity contribution in [3.63, 3.8) is 0 Å². The Bertz CT molecular complexity index is 588. The number of allylic oxidation sites excluding steroid dienone is 1. The summed E-state index contributed by atoms with van der Waals surface area (Å²) in [6.45, 7) is 2.73. The molecule has 4 nitrogen and oxygen atoms in total. The van der Waals surface area contributed by atoms with Crippen molar-refractivity contribution in [1.29, 1.82) is 0 Å². The highest BCUT2D eigenvalue weighted by Crippen LogP contribution is 2.37. The van der Waals surface area contributed by atoms with Crippen LogP contribution >= 0.6 is 0 Å². The molecule has 0 radical (unpaired) electrons. The maximum atomic E-state index is 5.83. The first-order valence-electron chi connectivity index (χ1n) is 7.54. The van der Waals surface area contributed by atoms with Crippen molar-refractivity contribution in [1.82, 2.24) is 0 Å². The third-order valence-electron chi connectivity index (χ3n) is 4.44. The lowest BCUT2D eigenvalue weighted by Gasteiger charge is -2.33. The van der Waals surface area contributed by atoms with Gasteiger partial charge in [-0.3, -0.25) is 4.99 Å². The Morgan fingerprint density at radius 3 is 2.86 bits per heavy atom. The second-order valence-electron chi connectivity index (χ2n) is 5.84. The fraction of sp³-hybridized carbons (Fsp3) is 0.471. The number of aryl methyl sites for hydroxylation is 1. The Kier molecular flexibility index (Phi) is 3.97. The summed E-state index contributed by atoms with van der Waals surface area (Å²) in [6.07, 6.45) is 5.84. The normalized spacial score (nSPS) is 19.7. The molecule has 0 atom stereocenters. The largest absolute Gasteiger partial charge is 0.404 e. The topological polar surface area (TPSA) is 50.9 Å². The van der Waals surface area contributed by atoms with Crippen LogP contribution in [0.2, 0.25) is 0 Å². The maximum Gasteiger partial charge on any atom is 0.0557 e. The molecule has 0 saturated carbocycles. The molecule has 1 saturated heterocycles. The zero-order valence-corrected chi connectivity index (χ0v) is 12.8. The summed E-state index contributed by atoms with van der Waals surface area (Å²) in [5.41, 5.74) is 12.1. The van der Waals surface area contributed by atoms with Crippen LogP contribution in [0.1, 0.15) is 29.0 Å². The number of nitrogens with two attached hydrogens (primary N) is 1. The third kappa shape index (κ3) is 2.56. The van der Waals surface area contributed by atoms with Crippen molar-refractivity contribution in [3.8, 4) is 0 Å². The van der Waals surface area contributed by atoms with Crippen LogP contribution in [0.4, 0.5) is 5.69 Å². The summed E-state index contributed by atoms with van der Waals surface area (Å²) in [7, 11) is 3.95. The Balaban J connectivity index is 2.12. The molecule has 0 aliphatic carbocycles. The smallest absolute Gasteiger partial charge is 0.0557 e. The van der Waals surface area contributed by atoms with Gasteiger partial charge < -0.3 is 15.4 Å². The average Bonchev–Trinajstić information content (AvgIpc) is 2.43. The second-order valence-corrected chi connectivity index (χ2v) is 5.84. The minimum Gasteiger partial charge on any atom is -0.404 e. The van der Waals surface area contributed by atoms with Crippen LogP contribution in [0, 0.1) is 0 Å². The van der Waals surface area contributed by atoms with Gasteiger partial charge in [0.15, 0.2) is 0 Å². The molecule has 0 bridgehead atoms. The molecule has 21 heavy (non-hydrogen) atoms. The van der Waals surface area contributed by atoms with Gasteiger partial charge in [-0.15, -0.1) is 0 Å². The Morgan fingerprint density at radius 1 is 1.43 bits per heavy atom. The highest BCUT2D eigenvalue weighted by atomic mass is 16.5. The van der Waals surface area contributed by atoms with E-state index in [1.165, 1.54) is 28.8 Å². The molecule has 0 amide bonds. The standard InChI is InChI=1S/C17H23N3O/c1-19-9-13(8-18)15-6-12-4-3-5-20(2)17(12)7-16(15)14-10-21-11-14/h6-9,14H,3-5,10-11,18H2,1-2H3. The molecule has 2 N–H and O–H groups in total. The van der Waals surface area contributed by atoms with E-state index in [-0.39, 0.29) is 0 Å². The number of fused-ring (bicyclic) bond motifs is 1. The van der Waals surface area contributed by atoms with Gasteiger partial charge in [0.2, 0.25) is 0 Å². The fourth-order valence-corrected chi connectivity index (χ4v) is 3.18. The lowest BCUT2D eigenvalue weighted by molar-refractivity contribution is 0.00834. The number of hydrogen-bond donors (Lipinski definition) is 1. The first-order valence-corrected chi connectivity index (χ1v) is 7.54. The van der Waals surface area contributed by atoms with E-state index in [2.05, 4.69) is 29.1 Å². The zero-order valence-electron chi connectivity index (χ0n) is 12.8. The van der Waals surface area contributed by atoms with Gasteiger partial charge in [-0.05, 0) is 41.7 Å². The second kappa shape index (κ2) is 5.90. The van der Waals surface area contributed by atoms with Crippen molar-refractivity contribution >= 4 is 17.5 Å². The van der Waals surface area contributed by atoms with Gasteiger partial charge in [0.05, 0.1) is 13.2 Å². The van der Waals surface area contributed by atoms with E-state index in [0.717, 1.165) is 31.8 Å². The van der Waals surface area contributed by atoms with Crippen molar-refractivity contribution in [3.05, 3.63) is 35.0 Å². The van der Waals surface area contributed by atoms with Crippen LogP contribution in [0.15, 0.2) is 23.3 Å². The van der Waals surface area contributed by atoms with Crippen molar-refractivity contribution < 1.29 is 4.74 Å². The van der Waals surface area contributed by atoms with E-state index in [1.54, 1.807) is 13.2 Å². The number of aliphatic imine (C=N–C) groups is 1. The number of rotatable bonds is 3. The molecule has 1 fully saturated rings. The van der Waals surface area contributed by atoms with Crippen LogP contribution < -0.4 is 10.6 Å². The van der Waals surface area contributed by atoms with Crippen LogP contribution in [0.5, 0.6) is 0 Å². The Morgan fingerprint density at radius 2 is 2.24 bits per heavy atom. The predicted octanol–water partition coefficient (Wildman–Crippen LogP) is 2.18. The predicted molar refractivity (Wildman–Crippen MR) is 88.2 cm³/mol. The van der Waals surface area contributed by atoms with Gasteiger partial charge >= 0.3 is 0 Å². The monoisotopic (exact) mass is 285 g/mol.